The van der Waals surface area contributed by atoms with E-state index in [0.717, 1.165) is 38.6 Å². The van der Waals surface area contributed by atoms with E-state index >= 15 is 0 Å². The molecule has 0 saturated carbocycles. The van der Waals surface area contributed by atoms with Gasteiger partial charge in [0.1, 0.15) is 0 Å². The minimum absolute atomic E-state index is 0.168. The Morgan fingerprint density at radius 1 is 1.13 bits per heavy atom. The van der Waals surface area contributed by atoms with Gasteiger partial charge in [-0.15, -0.1) is 11.3 Å². The second-order valence-corrected chi connectivity index (χ2v) is 11.1. The van der Waals surface area contributed by atoms with Gasteiger partial charge in [-0.1, -0.05) is 24.1 Å². The second kappa shape index (κ2) is 9.36. The molecule has 2 fully saturated rings. The molecule has 6 nitrogen and oxygen atoms in total. The Morgan fingerprint density at radius 2 is 1.93 bits per heavy atom. The van der Waals surface area contributed by atoms with Crippen molar-refractivity contribution in [3.8, 4) is 0 Å². The highest BCUT2D eigenvalue weighted by atomic mass is 35.5. The largest absolute Gasteiger partial charge is 0.324 e. The van der Waals surface area contributed by atoms with E-state index < -0.39 is 10.0 Å². The lowest BCUT2D eigenvalue weighted by atomic mass is 10.2. The Morgan fingerprint density at radius 3 is 2.67 bits per heavy atom. The fourth-order valence-electron chi connectivity index (χ4n) is 4.21. The van der Waals surface area contributed by atoms with Gasteiger partial charge in [-0.2, -0.15) is 4.31 Å². The molecule has 0 spiro atoms. The highest BCUT2D eigenvalue weighted by Gasteiger charge is 2.29. The van der Waals surface area contributed by atoms with Crippen molar-refractivity contribution in [2.75, 3.05) is 31.5 Å². The topological polar surface area (TPSA) is 69.7 Å². The maximum atomic E-state index is 13.0. The zero-order valence-electron chi connectivity index (χ0n) is 16.7. The van der Waals surface area contributed by atoms with Crippen LogP contribution in [0.3, 0.4) is 0 Å². The van der Waals surface area contributed by atoms with Crippen LogP contribution in [0.5, 0.6) is 0 Å². The number of thiophene rings is 1. The summed E-state index contributed by atoms with van der Waals surface area (Å²) in [4.78, 5) is 16.3. The molecule has 0 radical (unpaired) electrons. The molecule has 1 N–H and O–H groups in total. The number of hydrogen-bond donors (Lipinski definition) is 1. The van der Waals surface area contributed by atoms with Crippen molar-refractivity contribution < 1.29 is 13.2 Å². The molecule has 1 aromatic heterocycles. The summed E-state index contributed by atoms with van der Waals surface area (Å²) in [7, 11) is -3.58. The average molecular weight is 468 g/mol. The summed E-state index contributed by atoms with van der Waals surface area (Å²) in [5.41, 5.74) is 0.339. The van der Waals surface area contributed by atoms with E-state index in [4.69, 9.17) is 11.6 Å². The van der Waals surface area contributed by atoms with Crippen LogP contribution in [-0.4, -0.2) is 49.7 Å². The SMILES string of the molecule is O=C(CN1CCC[C@@H]1c1cccs1)Nc1cc(S(=O)(=O)N2CCCCC2)ccc1Cl. The summed E-state index contributed by atoms with van der Waals surface area (Å²) in [6.45, 7) is 2.19. The van der Waals surface area contributed by atoms with Gasteiger partial charge in [0.2, 0.25) is 15.9 Å². The van der Waals surface area contributed by atoms with E-state index in [1.54, 1.807) is 11.3 Å². The van der Waals surface area contributed by atoms with E-state index in [-0.39, 0.29) is 23.4 Å². The number of halogens is 1. The summed E-state index contributed by atoms with van der Waals surface area (Å²) >= 11 is 7.98. The Balaban J connectivity index is 1.46. The summed E-state index contributed by atoms with van der Waals surface area (Å²) in [5, 5.41) is 5.21. The third-order valence-corrected chi connectivity index (χ3v) is 8.94. The molecule has 1 atom stereocenters. The van der Waals surface area contributed by atoms with E-state index in [2.05, 4.69) is 21.7 Å². The number of piperidine rings is 1. The van der Waals surface area contributed by atoms with Crippen LogP contribution in [0.25, 0.3) is 0 Å². The minimum atomic E-state index is -3.58. The number of amides is 1. The van der Waals surface area contributed by atoms with Crippen molar-refractivity contribution in [2.45, 2.75) is 43.0 Å². The Kier molecular flexibility index (Phi) is 6.79. The number of carbonyl (C=O) groups excluding carboxylic acids is 1. The van der Waals surface area contributed by atoms with Gasteiger partial charge in [-0.3, -0.25) is 9.69 Å². The van der Waals surface area contributed by atoms with Crippen molar-refractivity contribution in [1.82, 2.24) is 9.21 Å². The molecule has 162 valence electrons. The molecule has 2 aliphatic heterocycles. The second-order valence-electron chi connectivity index (χ2n) is 7.80. The lowest BCUT2D eigenvalue weighted by Crippen LogP contribution is -2.35. The molecule has 0 bridgehead atoms. The number of anilines is 1. The van der Waals surface area contributed by atoms with Crippen LogP contribution in [0.2, 0.25) is 5.02 Å². The molecule has 0 unspecified atom stereocenters. The third kappa shape index (κ3) is 4.73. The van der Waals surface area contributed by atoms with Gasteiger partial charge in [-0.05, 0) is 61.9 Å². The first-order chi connectivity index (χ1) is 14.4. The molecule has 4 rings (SSSR count). The van der Waals surface area contributed by atoms with E-state index in [1.165, 1.54) is 27.4 Å². The van der Waals surface area contributed by atoms with Crippen molar-refractivity contribution in [1.29, 1.82) is 0 Å². The maximum Gasteiger partial charge on any atom is 0.243 e. The standard InChI is InChI=1S/C21H26ClN3O3S2/c22-17-9-8-16(30(27,28)25-11-2-1-3-12-25)14-18(17)23-21(26)15-24-10-4-6-19(24)20-7-5-13-29-20/h5,7-9,13-14,19H,1-4,6,10-12,15H2,(H,23,26)/t19-/m1/s1. The Hall–Kier alpha value is -1.45. The molecule has 30 heavy (non-hydrogen) atoms. The number of carbonyl (C=O) groups is 1. The van der Waals surface area contributed by atoms with E-state index in [0.29, 0.717) is 23.8 Å². The molecule has 1 aromatic carbocycles. The lowest BCUT2D eigenvalue weighted by molar-refractivity contribution is -0.117. The summed E-state index contributed by atoms with van der Waals surface area (Å²) in [5.74, 6) is -0.187. The third-order valence-electron chi connectivity index (χ3n) is 5.75. The van der Waals surface area contributed by atoms with Gasteiger partial charge in [0.05, 0.1) is 22.2 Å². The first kappa shape index (κ1) is 21.8. The van der Waals surface area contributed by atoms with Crippen molar-refractivity contribution >= 4 is 44.6 Å². The number of nitrogens with zero attached hydrogens (tertiary/aromatic N) is 2. The van der Waals surface area contributed by atoms with Crippen LogP contribution in [-0.2, 0) is 14.8 Å². The average Bonchev–Trinajstić information content (AvgIpc) is 3.42. The normalized spacial score (nSPS) is 21.0. The van der Waals surface area contributed by atoms with Crippen molar-refractivity contribution in [3.05, 3.63) is 45.6 Å². The number of hydrogen-bond acceptors (Lipinski definition) is 5. The summed E-state index contributed by atoms with van der Waals surface area (Å²) in [6.07, 6.45) is 4.89. The molecule has 2 aliphatic rings. The fraction of sp³-hybridized carbons (Fsp3) is 0.476. The molecule has 1 amide bonds. The zero-order valence-corrected chi connectivity index (χ0v) is 19.1. The minimum Gasteiger partial charge on any atom is -0.324 e. The first-order valence-corrected chi connectivity index (χ1v) is 13.0. The molecule has 2 saturated heterocycles. The van der Waals surface area contributed by atoms with Crippen LogP contribution < -0.4 is 5.32 Å². The highest BCUT2D eigenvalue weighted by Crippen LogP contribution is 2.34. The maximum absolute atomic E-state index is 13.0. The first-order valence-electron chi connectivity index (χ1n) is 10.3. The number of sulfonamides is 1. The fourth-order valence-corrected chi connectivity index (χ4v) is 6.81. The Labute approximate surface area is 186 Å². The quantitative estimate of drug-likeness (QED) is 0.685. The highest BCUT2D eigenvalue weighted by molar-refractivity contribution is 7.89. The number of benzene rings is 1. The van der Waals surface area contributed by atoms with Crippen LogP contribution in [0.15, 0.2) is 40.6 Å². The number of nitrogens with one attached hydrogen (secondary N) is 1. The molecular weight excluding hydrogens is 442 g/mol. The van der Waals surface area contributed by atoms with E-state index in [9.17, 15) is 13.2 Å². The van der Waals surface area contributed by atoms with Crippen molar-refractivity contribution in [3.63, 3.8) is 0 Å². The van der Waals surface area contributed by atoms with Gasteiger partial charge >= 0.3 is 0 Å². The van der Waals surface area contributed by atoms with Crippen LogP contribution in [0, 0.1) is 0 Å². The molecule has 9 heteroatoms. The molecule has 2 aromatic rings. The number of rotatable bonds is 6. The predicted molar refractivity (Wildman–Crippen MR) is 121 cm³/mol. The van der Waals surface area contributed by atoms with Crippen LogP contribution >= 0.6 is 22.9 Å². The van der Waals surface area contributed by atoms with Crippen molar-refractivity contribution in [2.24, 2.45) is 0 Å². The Bertz CT molecular complexity index is 989. The van der Waals surface area contributed by atoms with Crippen LogP contribution in [0.1, 0.15) is 43.0 Å². The van der Waals surface area contributed by atoms with Gasteiger partial charge in [0.15, 0.2) is 0 Å². The molecular formula is C21H26ClN3O3S2. The van der Waals surface area contributed by atoms with Crippen LogP contribution in [0.4, 0.5) is 5.69 Å². The monoisotopic (exact) mass is 467 g/mol. The predicted octanol–water partition coefficient (Wildman–Crippen LogP) is 4.35. The number of likely N-dealkylation sites (tertiary alicyclic amines) is 1. The van der Waals surface area contributed by atoms with Gasteiger partial charge in [-0.25, -0.2) is 8.42 Å². The van der Waals surface area contributed by atoms with Gasteiger partial charge in [0, 0.05) is 24.0 Å². The van der Waals surface area contributed by atoms with Gasteiger partial charge in [0.25, 0.3) is 0 Å². The summed E-state index contributed by atoms with van der Waals surface area (Å²) in [6, 6.07) is 8.93. The molecule has 3 heterocycles. The lowest BCUT2D eigenvalue weighted by Gasteiger charge is -2.26. The van der Waals surface area contributed by atoms with E-state index in [1.807, 2.05) is 6.07 Å². The smallest absolute Gasteiger partial charge is 0.243 e. The molecule has 0 aliphatic carbocycles. The van der Waals surface area contributed by atoms with Gasteiger partial charge < -0.3 is 5.32 Å². The summed E-state index contributed by atoms with van der Waals surface area (Å²) < 4.78 is 27.4. The zero-order chi connectivity index (χ0) is 21.1.